The highest BCUT2D eigenvalue weighted by Gasteiger charge is 2.40. The number of piperidine rings is 1. The molecule has 4 atom stereocenters. The van der Waals surface area contributed by atoms with Gasteiger partial charge >= 0.3 is 0 Å². The lowest BCUT2D eigenvalue weighted by molar-refractivity contribution is -0.137. The number of benzene rings is 4. The maximum atomic E-state index is 14.4. The van der Waals surface area contributed by atoms with Gasteiger partial charge < -0.3 is 29.6 Å². The summed E-state index contributed by atoms with van der Waals surface area (Å²) in [5, 5.41) is 3.73. The van der Waals surface area contributed by atoms with Crippen molar-refractivity contribution in [3.8, 4) is 33.9 Å². The second-order valence-corrected chi connectivity index (χ2v) is 16.1. The molecule has 304 valence electrons. The Hall–Kier alpha value is -5.94. The first-order valence-electron chi connectivity index (χ1n) is 21.3. The molecule has 0 aliphatic carbocycles. The van der Waals surface area contributed by atoms with Crippen LogP contribution in [0.1, 0.15) is 80.0 Å². The Balaban J connectivity index is 0.811. The first kappa shape index (κ1) is 38.6. The standard InChI is InChI=1S/C48H53N7O4/c1-58-42-16-6-7-17-43(42)59-32-44(56)54-28-10-14-40(54)46-49-30-38(51-46)35-22-18-33(19-23-35)34-20-24-36(25-21-34)39-31-50-47(52-39)41-15-11-29-55(41)48(57)45(37-12-4-2-5-13-37)53-26-8-3-9-27-53/h2,4-7,12-13,16-25,30,39-41,45H,3,8-11,14-15,26-29,31-32H2,1H3,(H,49,51)(H,50,52)/t39?,40-,41-,45+/m0/s1. The van der Waals surface area contributed by atoms with Crippen molar-refractivity contribution in [3.63, 3.8) is 0 Å². The Morgan fingerprint density at radius 1 is 0.729 bits per heavy atom. The fourth-order valence-corrected chi connectivity index (χ4v) is 9.36. The summed E-state index contributed by atoms with van der Waals surface area (Å²) in [5.41, 5.74) is 6.48. The molecule has 0 bridgehead atoms. The van der Waals surface area contributed by atoms with Crippen molar-refractivity contribution in [2.45, 2.75) is 69.1 Å². The van der Waals surface area contributed by atoms with E-state index in [2.05, 4.69) is 80.8 Å². The molecule has 3 saturated heterocycles. The highest BCUT2D eigenvalue weighted by molar-refractivity contribution is 5.95. The molecule has 59 heavy (non-hydrogen) atoms. The molecule has 5 aromatic rings. The van der Waals surface area contributed by atoms with E-state index in [1.54, 1.807) is 13.2 Å². The van der Waals surface area contributed by atoms with Crippen LogP contribution in [-0.2, 0) is 9.59 Å². The summed E-state index contributed by atoms with van der Waals surface area (Å²) in [6.45, 7) is 3.96. The fourth-order valence-electron chi connectivity index (χ4n) is 9.36. The zero-order valence-corrected chi connectivity index (χ0v) is 33.8. The van der Waals surface area contributed by atoms with Gasteiger partial charge in [0, 0.05) is 13.1 Å². The zero-order chi connectivity index (χ0) is 40.1. The molecule has 11 heteroatoms. The Morgan fingerprint density at radius 2 is 1.39 bits per heavy atom. The number of H-pyrrole nitrogens is 1. The molecule has 4 aliphatic heterocycles. The van der Waals surface area contributed by atoms with Crippen LogP contribution in [0.15, 0.2) is 114 Å². The van der Waals surface area contributed by atoms with Crippen molar-refractivity contribution in [1.29, 1.82) is 0 Å². The number of nitrogens with one attached hydrogen (secondary N) is 2. The van der Waals surface area contributed by atoms with Crippen LogP contribution in [0.5, 0.6) is 11.5 Å². The van der Waals surface area contributed by atoms with Crippen LogP contribution < -0.4 is 14.8 Å². The number of imidazole rings is 1. The van der Waals surface area contributed by atoms with Crippen molar-refractivity contribution in [2.75, 3.05) is 46.4 Å². The van der Waals surface area contributed by atoms with E-state index in [9.17, 15) is 9.59 Å². The molecular formula is C48H53N7O4. The first-order chi connectivity index (χ1) is 29.0. The molecule has 3 fully saturated rings. The lowest BCUT2D eigenvalue weighted by atomic mass is 9.99. The smallest absolute Gasteiger partial charge is 0.261 e. The third kappa shape index (κ3) is 8.21. The van der Waals surface area contributed by atoms with E-state index in [1.165, 1.54) is 12.0 Å². The van der Waals surface area contributed by atoms with E-state index in [-0.39, 0.29) is 42.6 Å². The summed E-state index contributed by atoms with van der Waals surface area (Å²) in [7, 11) is 1.59. The maximum Gasteiger partial charge on any atom is 0.261 e. The normalized spacial score (nSPS) is 21.2. The van der Waals surface area contributed by atoms with Gasteiger partial charge in [0.2, 0.25) is 5.91 Å². The summed E-state index contributed by atoms with van der Waals surface area (Å²) in [4.78, 5) is 47.2. The first-order valence-corrected chi connectivity index (χ1v) is 21.3. The van der Waals surface area contributed by atoms with Gasteiger partial charge in [-0.05, 0) is 91.6 Å². The van der Waals surface area contributed by atoms with E-state index < -0.39 is 0 Å². The van der Waals surface area contributed by atoms with Gasteiger partial charge in [0.15, 0.2) is 18.1 Å². The number of para-hydroxylation sites is 2. The summed E-state index contributed by atoms with van der Waals surface area (Å²) in [6.07, 6.45) is 9.04. The Labute approximate surface area is 346 Å². The average molecular weight is 792 g/mol. The van der Waals surface area contributed by atoms with Gasteiger partial charge in [0.25, 0.3) is 5.91 Å². The molecule has 1 aromatic heterocycles. The minimum absolute atomic E-state index is 0.0172. The molecule has 2 N–H and O–H groups in total. The highest BCUT2D eigenvalue weighted by atomic mass is 16.5. The van der Waals surface area contributed by atoms with Crippen molar-refractivity contribution < 1.29 is 19.1 Å². The van der Waals surface area contributed by atoms with Gasteiger partial charge in [-0.3, -0.25) is 19.5 Å². The topological polar surface area (TPSA) is 115 Å². The Bertz CT molecular complexity index is 2250. The summed E-state index contributed by atoms with van der Waals surface area (Å²) < 4.78 is 11.2. The molecular weight excluding hydrogens is 739 g/mol. The van der Waals surface area contributed by atoms with E-state index in [0.29, 0.717) is 24.6 Å². The maximum absolute atomic E-state index is 14.4. The third-order valence-corrected chi connectivity index (χ3v) is 12.5. The quantitative estimate of drug-likeness (QED) is 0.133. The van der Waals surface area contributed by atoms with Gasteiger partial charge in [0.1, 0.15) is 17.7 Å². The second-order valence-electron chi connectivity index (χ2n) is 16.1. The van der Waals surface area contributed by atoms with Gasteiger partial charge in [-0.15, -0.1) is 0 Å². The molecule has 0 saturated carbocycles. The molecule has 11 nitrogen and oxygen atoms in total. The van der Waals surface area contributed by atoms with Crippen LogP contribution >= 0.6 is 0 Å². The number of methoxy groups -OCH3 is 1. The van der Waals surface area contributed by atoms with E-state index in [4.69, 9.17) is 19.5 Å². The predicted molar refractivity (Wildman–Crippen MR) is 229 cm³/mol. The summed E-state index contributed by atoms with van der Waals surface area (Å²) >= 11 is 0. The van der Waals surface area contributed by atoms with Crippen molar-refractivity contribution in [1.82, 2.24) is 30.0 Å². The summed E-state index contributed by atoms with van der Waals surface area (Å²) in [6, 6.07) is 34.6. The van der Waals surface area contributed by atoms with Crippen molar-refractivity contribution in [2.24, 2.45) is 4.99 Å². The SMILES string of the molecule is COc1ccccc1OCC(=O)N1CCC[C@H]1c1ncc(-c2ccc(-c3ccc(C4CN=C([C@@H]5CCCN5C(=O)[C@@H](c5ccccc5)N5CCCCC5)N4)cc3)cc2)[nH]1. The van der Waals surface area contributed by atoms with Crippen LogP contribution in [0.4, 0.5) is 0 Å². The number of aromatic amines is 1. The van der Waals surface area contributed by atoms with Crippen molar-refractivity contribution >= 4 is 17.6 Å². The fraction of sp³-hybridized carbons (Fsp3) is 0.375. The lowest BCUT2D eigenvalue weighted by Gasteiger charge is -2.37. The monoisotopic (exact) mass is 791 g/mol. The molecule has 1 unspecified atom stereocenters. The number of hydrogen-bond acceptors (Lipinski definition) is 8. The van der Waals surface area contributed by atoms with Gasteiger partial charge in [-0.25, -0.2) is 4.98 Å². The third-order valence-electron chi connectivity index (χ3n) is 12.5. The molecule has 4 aromatic carbocycles. The minimum atomic E-state index is -0.245. The van der Waals surface area contributed by atoms with E-state index in [0.717, 1.165) is 97.8 Å². The number of aromatic nitrogens is 2. The number of rotatable bonds is 12. The van der Waals surface area contributed by atoms with Gasteiger partial charge in [0.05, 0.1) is 43.7 Å². The van der Waals surface area contributed by atoms with Crippen molar-refractivity contribution in [3.05, 3.63) is 126 Å². The molecule has 5 heterocycles. The largest absolute Gasteiger partial charge is 0.493 e. The molecule has 9 rings (SSSR count). The van der Waals surface area contributed by atoms with Gasteiger partial charge in [-0.1, -0.05) is 97.4 Å². The van der Waals surface area contributed by atoms with Crippen LogP contribution in [0, 0.1) is 0 Å². The van der Waals surface area contributed by atoms with Crippen LogP contribution in [0.3, 0.4) is 0 Å². The number of likely N-dealkylation sites (tertiary alicyclic amines) is 3. The number of carbonyl (C=O) groups excluding carboxylic acids is 2. The molecule has 2 amide bonds. The van der Waals surface area contributed by atoms with Crippen LogP contribution in [0.25, 0.3) is 22.4 Å². The second kappa shape index (κ2) is 17.5. The average Bonchev–Trinajstić information content (AvgIpc) is 4.14. The van der Waals surface area contributed by atoms with E-state index in [1.807, 2.05) is 47.5 Å². The Kier molecular flexibility index (Phi) is 11.4. The number of amidine groups is 1. The number of hydrogen-bond donors (Lipinski definition) is 2. The highest BCUT2D eigenvalue weighted by Crippen LogP contribution is 2.35. The predicted octanol–water partition coefficient (Wildman–Crippen LogP) is 7.76. The van der Waals surface area contributed by atoms with Crippen LogP contribution in [0.2, 0.25) is 0 Å². The van der Waals surface area contributed by atoms with Crippen LogP contribution in [-0.4, -0.2) is 94.8 Å². The summed E-state index contributed by atoms with van der Waals surface area (Å²) in [5.74, 6) is 3.02. The lowest BCUT2D eigenvalue weighted by Crippen LogP contribution is -2.50. The zero-order valence-electron chi connectivity index (χ0n) is 33.8. The molecule has 4 aliphatic rings. The molecule has 0 spiro atoms. The van der Waals surface area contributed by atoms with Gasteiger partial charge in [-0.2, -0.15) is 0 Å². The number of carbonyl (C=O) groups is 2. The number of ether oxygens (including phenoxy) is 2. The van der Waals surface area contributed by atoms with E-state index >= 15 is 0 Å². The minimum Gasteiger partial charge on any atom is -0.493 e. The molecule has 0 radical (unpaired) electrons. The number of nitrogens with zero attached hydrogens (tertiary/aromatic N) is 5. The Morgan fingerprint density at radius 3 is 2.14 bits per heavy atom. The number of amides is 2. The number of aliphatic imine (C=N–C) groups is 1.